The Balaban J connectivity index is 2.09. The number of carbonyl (C=O) groups is 1. The number of nitrogens with one attached hydrogen (secondary N) is 1. The van der Waals surface area contributed by atoms with Gasteiger partial charge in [-0.1, -0.05) is 0 Å². The van der Waals surface area contributed by atoms with Crippen LogP contribution in [0.25, 0.3) is 0 Å². The fourth-order valence-corrected chi connectivity index (χ4v) is 2.44. The minimum absolute atomic E-state index is 0.356. The Kier molecular flexibility index (Phi) is 3.19. The Labute approximate surface area is 105 Å². The van der Waals surface area contributed by atoms with Gasteiger partial charge in [0.25, 0.3) is 0 Å². The van der Waals surface area contributed by atoms with Crippen LogP contribution in [0, 0.1) is 0 Å². The van der Waals surface area contributed by atoms with Crippen LogP contribution in [0.3, 0.4) is 0 Å². The predicted molar refractivity (Wildman–Crippen MR) is 73.3 cm³/mol. The second kappa shape index (κ2) is 4.49. The second-order valence-corrected chi connectivity index (χ2v) is 5.68. The van der Waals surface area contributed by atoms with Crippen LogP contribution < -0.4 is 16.8 Å². The van der Waals surface area contributed by atoms with Gasteiger partial charge in [0.15, 0.2) is 0 Å². The molecule has 1 fully saturated rings. The lowest BCUT2D eigenvalue weighted by Gasteiger charge is -2.16. The van der Waals surface area contributed by atoms with E-state index < -0.39 is 5.91 Å². The molecule has 0 heterocycles. The molecule has 4 nitrogen and oxygen atoms in total. The van der Waals surface area contributed by atoms with Crippen LogP contribution in [-0.2, 0) is 0 Å². The number of anilines is 2. The molecule has 1 aromatic carbocycles. The van der Waals surface area contributed by atoms with E-state index in [1.165, 1.54) is 12.8 Å². The lowest BCUT2D eigenvalue weighted by molar-refractivity contribution is 0.100. The molecule has 5 N–H and O–H groups in total. The summed E-state index contributed by atoms with van der Waals surface area (Å²) in [5.41, 5.74) is 13.0. The topological polar surface area (TPSA) is 81.1 Å². The van der Waals surface area contributed by atoms with Crippen LogP contribution in [0.5, 0.6) is 0 Å². The number of rotatable bonds is 5. The maximum atomic E-state index is 11.1. The van der Waals surface area contributed by atoms with Gasteiger partial charge in [-0.05, 0) is 37.3 Å². The van der Waals surface area contributed by atoms with Crippen LogP contribution in [0.15, 0.2) is 18.2 Å². The van der Waals surface area contributed by atoms with Gasteiger partial charge in [0.1, 0.15) is 0 Å². The van der Waals surface area contributed by atoms with Gasteiger partial charge in [-0.2, -0.15) is 11.8 Å². The highest BCUT2D eigenvalue weighted by Gasteiger charge is 2.41. The molecule has 1 saturated carbocycles. The summed E-state index contributed by atoms with van der Waals surface area (Å²) >= 11 is 1.88. The van der Waals surface area contributed by atoms with Crippen molar-refractivity contribution in [2.24, 2.45) is 5.73 Å². The van der Waals surface area contributed by atoms with Crippen molar-refractivity contribution in [1.82, 2.24) is 0 Å². The third kappa shape index (κ3) is 2.66. The third-order valence-electron chi connectivity index (χ3n) is 3.18. The number of benzene rings is 1. The van der Waals surface area contributed by atoms with Gasteiger partial charge in [0.2, 0.25) is 5.91 Å². The van der Waals surface area contributed by atoms with Gasteiger partial charge in [0, 0.05) is 16.9 Å². The summed E-state index contributed by atoms with van der Waals surface area (Å²) in [6.07, 6.45) is 4.59. The zero-order chi connectivity index (χ0) is 12.5. The van der Waals surface area contributed by atoms with Gasteiger partial charge in [-0.3, -0.25) is 4.79 Å². The first-order chi connectivity index (χ1) is 8.06. The van der Waals surface area contributed by atoms with E-state index >= 15 is 0 Å². The summed E-state index contributed by atoms with van der Waals surface area (Å²) in [5.74, 6) is -0.431. The van der Waals surface area contributed by atoms with Gasteiger partial charge in [-0.15, -0.1) is 0 Å². The molecule has 0 unspecified atom stereocenters. The monoisotopic (exact) mass is 251 g/mol. The normalized spacial score (nSPS) is 16.5. The highest BCUT2D eigenvalue weighted by Crippen LogP contribution is 2.47. The summed E-state index contributed by atoms with van der Waals surface area (Å²) in [5, 5.41) is 3.31. The number of nitrogens with two attached hydrogens (primary N) is 2. The molecule has 0 atom stereocenters. The Bertz CT molecular complexity index is 443. The fraction of sp³-hybridized carbons (Fsp3) is 0.417. The smallest absolute Gasteiger partial charge is 0.248 e. The van der Waals surface area contributed by atoms with E-state index in [9.17, 15) is 4.79 Å². The number of thioether (sulfide) groups is 1. The molecule has 5 heteroatoms. The van der Waals surface area contributed by atoms with Crippen molar-refractivity contribution in [2.45, 2.75) is 17.6 Å². The summed E-state index contributed by atoms with van der Waals surface area (Å²) in [6.45, 7) is 0.876. The molecule has 1 amide bonds. The zero-order valence-electron chi connectivity index (χ0n) is 9.82. The van der Waals surface area contributed by atoms with Gasteiger partial charge in [0.05, 0.1) is 11.4 Å². The van der Waals surface area contributed by atoms with Crippen molar-refractivity contribution in [3.8, 4) is 0 Å². The van der Waals surface area contributed by atoms with Crippen molar-refractivity contribution in [2.75, 3.05) is 23.9 Å². The highest BCUT2D eigenvalue weighted by molar-refractivity contribution is 8.00. The minimum atomic E-state index is -0.431. The number of primary amides is 1. The second-order valence-electron chi connectivity index (χ2n) is 4.41. The summed E-state index contributed by atoms with van der Waals surface area (Å²) in [7, 11) is 0. The number of hydrogen-bond acceptors (Lipinski definition) is 4. The minimum Gasteiger partial charge on any atom is -0.397 e. The lowest BCUT2D eigenvalue weighted by Crippen LogP contribution is -2.19. The molecular formula is C12H17N3OS. The quantitative estimate of drug-likeness (QED) is 0.695. The van der Waals surface area contributed by atoms with Crippen molar-refractivity contribution < 1.29 is 4.79 Å². The maximum Gasteiger partial charge on any atom is 0.248 e. The van der Waals surface area contributed by atoms with Crippen LogP contribution in [-0.4, -0.2) is 23.5 Å². The molecule has 92 valence electrons. The number of hydrogen-bond donors (Lipinski definition) is 3. The SMILES string of the molecule is CSC1(CNc2cc(C(N)=O)ccc2N)CC1. The van der Waals surface area contributed by atoms with E-state index in [0.29, 0.717) is 16.0 Å². The molecule has 0 bridgehead atoms. The average Bonchev–Trinajstić information content (AvgIpc) is 3.08. The Hall–Kier alpha value is -1.36. The van der Waals surface area contributed by atoms with E-state index in [1.807, 2.05) is 11.8 Å². The van der Waals surface area contributed by atoms with Crippen molar-refractivity contribution in [3.63, 3.8) is 0 Å². The highest BCUT2D eigenvalue weighted by atomic mass is 32.2. The van der Waals surface area contributed by atoms with E-state index in [1.54, 1.807) is 18.2 Å². The molecule has 2 rings (SSSR count). The fourth-order valence-electron chi connectivity index (χ4n) is 1.71. The van der Waals surface area contributed by atoms with Crippen LogP contribution in [0.4, 0.5) is 11.4 Å². The van der Waals surface area contributed by atoms with Crippen LogP contribution in [0.1, 0.15) is 23.2 Å². The van der Waals surface area contributed by atoms with Crippen LogP contribution in [0.2, 0.25) is 0 Å². The standard InChI is InChI=1S/C12H17N3OS/c1-17-12(4-5-12)7-15-10-6-8(11(14)16)2-3-9(10)13/h2-3,6,15H,4-5,7,13H2,1H3,(H2,14,16). The first-order valence-electron chi connectivity index (χ1n) is 5.55. The number of nitrogen functional groups attached to an aromatic ring is 1. The zero-order valence-corrected chi connectivity index (χ0v) is 10.6. The number of carbonyl (C=O) groups excluding carboxylic acids is 1. The molecule has 1 aliphatic carbocycles. The Morgan fingerprint density at radius 3 is 2.76 bits per heavy atom. The first-order valence-corrected chi connectivity index (χ1v) is 6.77. The predicted octanol–water partition coefficient (Wildman–Crippen LogP) is 1.68. The van der Waals surface area contributed by atoms with E-state index in [0.717, 1.165) is 12.2 Å². The van der Waals surface area contributed by atoms with E-state index in [-0.39, 0.29) is 0 Å². The first kappa shape index (κ1) is 12.1. The average molecular weight is 251 g/mol. The lowest BCUT2D eigenvalue weighted by atomic mass is 10.1. The van der Waals surface area contributed by atoms with Gasteiger partial charge >= 0.3 is 0 Å². The number of amides is 1. The van der Waals surface area contributed by atoms with Crippen molar-refractivity contribution in [3.05, 3.63) is 23.8 Å². The van der Waals surface area contributed by atoms with Gasteiger partial charge in [-0.25, -0.2) is 0 Å². The van der Waals surface area contributed by atoms with E-state index in [2.05, 4.69) is 11.6 Å². The summed E-state index contributed by atoms with van der Waals surface area (Å²) in [6, 6.07) is 5.07. The van der Waals surface area contributed by atoms with Crippen LogP contribution >= 0.6 is 11.8 Å². The maximum absolute atomic E-state index is 11.1. The van der Waals surface area contributed by atoms with Crippen molar-refractivity contribution in [1.29, 1.82) is 0 Å². The molecule has 0 spiro atoms. The third-order valence-corrected chi connectivity index (χ3v) is 4.60. The molecule has 0 radical (unpaired) electrons. The largest absolute Gasteiger partial charge is 0.397 e. The van der Waals surface area contributed by atoms with Crippen molar-refractivity contribution >= 4 is 29.0 Å². The summed E-state index contributed by atoms with van der Waals surface area (Å²) < 4.78 is 0.356. The molecule has 1 aliphatic rings. The molecule has 0 aromatic heterocycles. The Morgan fingerprint density at radius 1 is 1.53 bits per heavy atom. The molecule has 17 heavy (non-hydrogen) atoms. The molecule has 0 saturated heterocycles. The van der Waals surface area contributed by atoms with Gasteiger partial charge < -0.3 is 16.8 Å². The summed E-state index contributed by atoms with van der Waals surface area (Å²) in [4.78, 5) is 11.1. The molecule has 0 aliphatic heterocycles. The Morgan fingerprint density at radius 2 is 2.24 bits per heavy atom. The van der Waals surface area contributed by atoms with E-state index in [4.69, 9.17) is 11.5 Å². The molecular weight excluding hydrogens is 234 g/mol. The molecule has 1 aromatic rings.